The first-order chi connectivity index (χ1) is 7.60. The SMILES string of the molecule is CCCCCCCC(N)C(C)(CC)OCC. The molecule has 0 spiro atoms. The van der Waals surface area contributed by atoms with E-state index >= 15 is 0 Å². The van der Waals surface area contributed by atoms with E-state index in [1.807, 2.05) is 6.92 Å². The van der Waals surface area contributed by atoms with Gasteiger partial charge in [-0.25, -0.2) is 0 Å². The summed E-state index contributed by atoms with van der Waals surface area (Å²) in [5.41, 5.74) is 6.11. The van der Waals surface area contributed by atoms with Crippen molar-refractivity contribution in [2.24, 2.45) is 5.73 Å². The third-order valence-corrected chi connectivity index (χ3v) is 3.58. The van der Waals surface area contributed by atoms with E-state index in [1.54, 1.807) is 0 Å². The largest absolute Gasteiger partial charge is 0.374 e. The number of nitrogens with two attached hydrogens (primary N) is 1. The Kier molecular flexibility index (Phi) is 8.96. The van der Waals surface area contributed by atoms with Crippen molar-refractivity contribution in [1.29, 1.82) is 0 Å². The van der Waals surface area contributed by atoms with Crippen LogP contribution in [0.15, 0.2) is 0 Å². The van der Waals surface area contributed by atoms with Crippen molar-refractivity contribution in [3.8, 4) is 0 Å². The molecule has 0 aromatic rings. The quantitative estimate of drug-likeness (QED) is 0.577. The predicted octanol–water partition coefficient (Wildman–Crippen LogP) is 3.88. The maximum Gasteiger partial charge on any atom is 0.0801 e. The zero-order chi connectivity index (χ0) is 12.4. The van der Waals surface area contributed by atoms with Gasteiger partial charge in [-0.3, -0.25) is 0 Å². The van der Waals surface area contributed by atoms with Crippen LogP contribution in [-0.4, -0.2) is 18.2 Å². The average molecular weight is 229 g/mol. The van der Waals surface area contributed by atoms with E-state index in [-0.39, 0.29) is 11.6 Å². The molecule has 0 aliphatic carbocycles. The molecule has 0 fully saturated rings. The lowest BCUT2D eigenvalue weighted by Crippen LogP contribution is -2.47. The summed E-state index contributed by atoms with van der Waals surface area (Å²) in [4.78, 5) is 0. The lowest BCUT2D eigenvalue weighted by molar-refractivity contribution is -0.0483. The van der Waals surface area contributed by atoms with E-state index in [4.69, 9.17) is 10.5 Å². The van der Waals surface area contributed by atoms with Gasteiger partial charge in [-0.15, -0.1) is 0 Å². The van der Waals surface area contributed by atoms with Gasteiger partial charge in [0.1, 0.15) is 0 Å². The Labute approximate surface area is 102 Å². The molecular formula is C14H31NO. The molecule has 98 valence electrons. The first-order valence-electron chi connectivity index (χ1n) is 7.00. The molecule has 0 radical (unpaired) electrons. The first-order valence-corrected chi connectivity index (χ1v) is 7.00. The molecule has 0 bridgehead atoms. The lowest BCUT2D eigenvalue weighted by Gasteiger charge is -2.34. The minimum absolute atomic E-state index is 0.125. The van der Waals surface area contributed by atoms with Crippen molar-refractivity contribution < 1.29 is 4.74 Å². The van der Waals surface area contributed by atoms with Crippen LogP contribution in [0.1, 0.15) is 72.6 Å². The van der Waals surface area contributed by atoms with Gasteiger partial charge in [0, 0.05) is 12.6 Å². The highest BCUT2D eigenvalue weighted by Gasteiger charge is 2.29. The molecule has 0 saturated carbocycles. The Morgan fingerprint density at radius 2 is 1.69 bits per heavy atom. The zero-order valence-corrected chi connectivity index (χ0v) is 11.7. The summed E-state index contributed by atoms with van der Waals surface area (Å²) in [5, 5.41) is 0. The van der Waals surface area contributed by atoms with Gasteiger partial charge in [0.2, 0.25) is 0 Å². The van der Waals surface area contributed by atoms with E-state index in [9.17, 15) is 0 Å². The molecule has 16 heavy (non-hydrogen) atoms. The van der Waals surface area contributed by atoms with Crippen LogP contribution in [0.3, 0.4) is 0 Å². The van der Waals surface area contributed by atoms with Crippen molar-refractivity contribution in [2.45, 2.75) is 84.3 Å². The third kappa shape index (κ3) is 5.86. The number of hydrogen-bond donors (Lipinski definition) is 1. The van der Waals surface area contributed by atoms with Crippen LogP contribution in [0.4, 0.5) is 0 Å². The summed E-state index contributed by atoms with van der Waals surface area (Å²) < 4.78 is 5.79. The molecule has 0 aliphatic heterocycles. The Balaban J connectivity index is 3.79. The fraction of sp³-hybridized carbons (Fsp3) is 1.00. The predicted molar refractivity (Wildman–Crippen MR) is 71.7 cm³/mol. The maximum absolute atomic E-state index is 6.24. The fourth-order valence-corrected chi connectivity index (χ4v) is 2.07. The zero-order valence-electron chi connectivity index (χ0n) is 11.7. The summed E-state index contributed by atoms with van der Waals surface area (Å²) >= 11 is 0. The Morgan fingerprint density at radius 1 is 1.06 bits per heavy atom. The number of rotatable bonds is 10. The van der Waals surface area contributed by atoms with Crippen molar-refractivity contribution in [1.82, 2.24) is 0 Å². The first kappa shape index (κ1) is 15.9. The second-order valence-electron chi connectivity index (χ2n) is 4.91. The van der Waals surface area contributed by atoms with Gasteiger partial charge in [-0.1, -0.05) is 46.0 Å². The average Bonchev–Trinajstić information content (AvgIpc) is 2.28. The van der Waals surface area contributed by atoms with Crippen molar-refractivity contribution in [3.05, 3.63) is 0 Å². The molecular weight excluding hydrogens is 198 g/mol. The Bertz CT molecular complexity index is 161. The van der Waals surface area contributed by atoms with Gasteiger partial charge < -0.3 is 10.5 Å². The highest BCUT2D eigenvalue weighted by molar-refractivity contribution is 4.85. The molecule has 0 rings (SSSR count). The molecule has 2 atom stereocenters. The molecule has 0 aliphatic rings. The van der Waals surface area contributed by atoms with Gasteiger partial charge in [-0.05, 0) is 26.7 Å². The second-order valence-corrected chi connectivity index (χ2v) is 4.91. The summed E-state index contributed by atoms with van der Waals surface area (Å²) in [7, 11) is 0. The molecule has 0 aromatic heterocycles. The topological polar surface area (TPSA) is 35.2 Å². The minimum atomic E-state index is -0.125. The van der Waals surface area contributed by atoms with E-state index in [0.29, 0.717) is 0 Å². The maximum atomic E-state index is 6.24. The standard InChI is InChI=1S/C14H31NO/c1-5-8-9-10-11-12-13(15)14(4,6-2)16-7-3/h13H,5-12,15H2,1-4H3. The number of unbranched alkanes of at least 4 members (excludes halogenated alkanes) is 4. The van der Waals surface area contributed by atoms with E-state index < -0.39 is 0 Å². The second kappa shape index (κ2) is 9.00. The van der Waals surface area contributed by atoms with Crippen molar-refractivity contribution in [2.75, 3.05) is 6.61 Å². The lowest BCUT2D eigenvalue weighted by atomic mass is 9.89. The summed E-state index contributed by atoms with van der Waals surface area (Å²) in [6.07, 6.45) is 8.65. The monoisotopic (exact) mass is 229 g/mol. The Morgan fingerprint density at radius 3 is 2.19 bits per heavy atom. The van der Waals surface area contributed by atoms with Gasteiger partial charge in [-0.2, -0.15) is 0 Å². The summed E-state index contributed by atoms with van der Waals surface area (Å²) in [6.45, 7) is 9.35. The molecule has 2 unspecified atom stereocenters. The van der Waals surface area contributed by atoms with Crippen LogP contribution in [-0.2, 0) is 4.74 Å². The smallest absolute Gasteiger partial charge is 0.0801 e. The number of hydrogen-bond acceptors (Lipinski definition) is 2. The van der Waals surface area contributed by atoms with Crippen LogP contribution < -0.4 is 5.73 Å². The van der Waals surface area contributed by atoms with Crippen LogP contribution in [0.25, 0.3) is 0 Å². The normalized spacial score (nSPS) is 17.1. The van der Waals surface area contributed by atoms with E-state index in [0.717, 1.165) is 19.4 Å². The van der Waals surface area contributed by atoms with Crippen LogP contribution in [0.5, 0.6) is 0 Å². The van der Waals surface area contributed by atoms with Crippen LogP contribution >= 0.6 is 0 Å². The van der Waals surface area contributed by atoms with Crippen LogP contribution in [0, 0.1) is 0 Å². The van der Waals surface area contributed by atoms with Crippen molar-refractivity contribution >= 4 is 0 Å². The highest BCUT2D eigenvalue weighted by atomic mass is 16.5. The molecule has 0 amide bonds. The molecule has 0 saturated heterocycles. The molecule has 2 N–H and O–H groups in total. The third-order valence-electron chi connectivity index (χ3n) is 3.58. The van der Waals surface area contributed by atoms with E-state index in [1.165, 1.54) is 32.1 Å². The summed E-state index contributed by atoms with van der Waals surface area (Å²) in [5.74, 6) is 0. The van der Waals surface area contributed by atoms with Gasteiger partial charge >= 0.3 is 0 Å². The van der Waals surface area contributed by atoms with Gasteiger partial charge in [0.15, 0.2) is 0 Å². The van der Waals surface area contributed by atoms with Crippen LogP contribution in [0.2, 0.25) is 0 Å². The van der Waals surface area contributed by atoms with Gasteiger partial charge in [0.05, 0.1) is 5.60 Å². The van der Waals surface area contributed by atoms with E-state index in [2.05, 4.69) is 20.8 Å². The minimum Gasteiger partial charge on any atom is -0.374 e. The Hall–Kier alpha value is -0.0800. The molecule has 0 heterocycles. The molecule has 2 heteroatoms. The summed E-state index contributed by atoms with van der Waals surface area (Å²) in [6, 6.07) is 0.180. The fourth-order valence-electron chi connectivity index (χ4n) is 2.07. The van der Waals surface area contributed by atoms with Gasteiger partial charge in [0.25, 0.3) is 0 Å². The molecule has 2 nitrogen and oxygen atoms in total. The molecule has 0 aromatic carbocycles. The van der Waals surface area contributed by atoms with Crippen molar-refractivity contribution in [3.63, 3.8) is 0 Å². The highest BCUT2D eigenvalue weighted by Crippen LogP contribution is 2.22. The number of ether oxygens (including phenoxy) is 1.